The minimum absolute atomic E-state index is 0.194. The van der Waals surface area contributed by atoms with Gasteiger partial charge in [-0.15, -0.1) is 0 Å². The maximum Gasteiger partial charge on any atom is 0.358 e. The smallest absolute Gasteiger partial charge is 0.358 e. The Bertz CT molecular complexity index is 778. The molecule has 3 rings (SSSR count). The number of rotatable bonds is 2. The highest BCUT2D eigenvalue weighted by Crippen LogP contribution is 2.22. The molecule has 2 heterocycles. The van der Waals surface area contributed by atoms with Crippen molar-refractivity contribution >= 4 is 11.6 Å². The largest absolute Gasteiger partial charge is 0.508 e. The normalized spacial score (nSPS) is 10.7. The lowest BCUT2D eigenvalue weighted by molar-refractivity contribution is 0.0593. The SMILES string of the molecule is COC(=O)c1cn2c(-c3ccc(O)cc3)cnc2cn1. The third kappa shape index (κ3) is 1.97. The lowest BCUT2D eigenvalue weighted by Crippen LogP contribution is -2.06. The Morgan fingerprint density at radius 2 is 1.95 bits per heavy atom. The highest BCUT2D eigenvalue weighted by atomic mass is 16.5. The number of imidazole rings is 1. The van der Waals surface area contributed by atoms with Crippen LogP contribution < -0.4 is 0 Å². The molecule has 0 spiro atoms. The quantitative estimate of drug-likeness (QED) is 0.719. The van der Waals surface area contributed by atoms with Gasteiger partial charge in [-0.2, -0.15) is 0 Å². The van der Waals surface area contributed by atoms with Gasteiger partial charge in [0.25, 0.3) is 0 Å². The molecule has 1 N–H and O–H groups in total. The zero-order chi connectivity index (χ0) is 14.1. The van der Waals surface area contributed by atoms with Crippen LogP contribution in [0.1, 0.15) is 10.5 Å². The number of hydrogen-bond donors (Lipinski definition) is 1. The molecule has 0 aliphatic heterocycles. The summed E-state index contributed by atoms with van der Waals surface area (Å²) in [6, 6.07) is 6.74. The number of esters is 1. The molecule has 3 aromatic rings. The van der Waals surface area contributed by atoms with E-state index in [4.69, 9.17) is 0 Å². The van der Waals surface area contributed by atoms with Gasteiger partial charge < -0.3 is 9.84 Å². The van der Waals surface area contributed by atoms with Gasteiger partial charge in [0.1, 0.15) is 5.75 Å². The molecule has 20 heavy (non-hydrogen) atoms. The van der Waals surface area contributed by atoms with E-state index in [0.29, 0.717) is 5.65 Å². The molecule has 0 unspecified atom stereocenters. The van der Waals surface area contributed by atoms with E-state index in [1.54, 1.807) is 41.1 Å². The molecule has 0 radical (unpaired) electrons. The second-order valence-electron chi connectivity index (χ2n) is 4.18. The van der Waals surface area contributed by atoms with Crippen LogP contribution in [0.4, 0.5) is 0 Å². The van der Waals surface area contributed by atoms with Crippen LogP contribution in [-0.2, 0) is 4.74 Å². The van der Waals surface area contributed by atoms with Crippen molar-refractivity contribution in [2.75, 3.05) is 7.11 Å². The fraction of sp³-hybridized carbons (Fsp3) is 0.0714. The Kier molecular flexibility index (Phi) is 2.83. The van der Waals surface area contributed by atoms with Crippen LogP contribution in [0.5, 0.6) is 5.75 Å². The molecule has 0 aliphatic carbocycles. The lowest BCUT2D eigenvalue weighted by Gasteiger charge is -2.04. The number of aromatic hydroxyl groups is 1. The Balaban J connectivity index is 2.16. The van der Waals surface area contributed by atoms with E-state index in [-0.39, 0.29) is 11.4 Å². The second-order valence-corrected chi connectivity index (χ2v) is 4.18. The predicted molar refractivity (Wildman–Crippen MR) is 71.4 cm³/mol. The average molecular weight is 269 g/mol. The molecule has 0 atom stereocenters. The van der Waals surface area contributed by atoms with Gasteiger partial charge in [0, 0.05) is 11.8 Å². The van der Waals surface area contributed by atoms with Gasteiger partial charge in [-0.25, -0.2) is 14.8 Å². The Morgan fingerprint density at radius 1 is 1.20 bits per heavy atom. The third-order valence-corrected chi connectivity index (χ3v) is 2.95. The molecule has 2 aromatic heterocycles. The predicted octanol–water partition coefficient (Wildman–Crippen LogP) is 1.89. The van der Waals surface area contributed by atoms with Crippen LogP contribution >= 0.6 is 0 Å². The van der Waals surface area contributed by atoms with E-state index >= 15 is 0 Å². The number of benzene rings is 1. The van der Waals surface area contributed by atoms with Gasteiger partial charge in [-0.05, 0) is 24.3 Å². The first-order valence-corrected chi connectivity index (χ1v) is 5.90. The highest BCUT2D eigenvalue weighted by molar-refractivity contribution is 5.87. The van der Waals surface area contributed by atoms with E-state index in [1.807, 2.05) is 0 Å². The van der Waals surface area contributed by atoms with Crippen molar-refractivity contribution < 1.29 is 14.6 Å². The molecule has 6 heteroatoms. The van der Waals surface area contributed by atoms with Gasteiger partial charge >= 0.3 is 5.97 Å². The number of fused-ring (bicyclic) bond motifs is 1. The summed E-state index contributed by atoms with van der Waals surface area (Å²) < 4.78 is 6.41. The first-order valence-electron chi connectivity index (χ1n) is 5.90. The number of carbonyl (C=O) groups is 1. The number of carbonyl (C=O) groups excluding carboxylic acids is 1. The van der Waals surface area contributed by atoms with Crippen LogP contribution in [0.15, 0.2) is 42.9 Å². The Morgan fingerprint density at radius 3 is 2.65 bits per heavy atom. The summed E-state index contributed by atoms with van der Waals surface area (Å²) in [6.07, 6.45) is 4.77. The average Bonchev–Trinajstić information content (AvgIpc) is 2.90. The van der Waals surface area contributed by atoms with Gasteiger partial charge in [0.15, 0.2) is 11.3 Å². The molecule has 0 saturated heterocycles. The molecule has 0 amide bonds. The molecule has 100 valence electrons. The summed E-state index contributed by atoms with van der Waals surface area (Å²) >= 11 is 0. The van der Waals surface area contributed by atoms with Gasteiger partial charge in [0.05, 0.1) is 25.2 Å². The Hall–Kier alpha value is -2.89. The monoisotopic (exact) mass is 269 g/mol. The second kappa shape index (κ2) is 4.65. The number of aromatic nitrogens is 3. The van der Waals surface area contributed by atoms with Crippen molar-refractivity contribution in [3.8, 4) is 17.0 Å². The molecular formula is C14H11N3O3. The van der Waals surface area contributed by atoms with Crippen molar-refractivity contribution in [3.63, 3.8) is 0 Å². The van der Waals surface area contributed by atoms with Crippen molar-refractivity contribution in [3.05, 3.63) is 48.5 Å². The topological polar surface area (TPSA) is 76.7 Å². The summed E-state index contributed by atoms with van der Waals surface area (Å²) in [5.41, 5.74) is 2.50. The van der Waals surface area contributed by atoms with Crippen molar-refractivity contribution in [1.82, 2.24) is 14.4 Å². The Labute approximate surface area is 114 Å². The van der Waals surface area contributed by atoms with Crippen molar-refractivity contribution in [2.24, 2.45) is 0 Å². The number of methoxy groups -OCH3 is 1. The van der Waals surface area contributed by atoms with Crippen LogP contribution in [-0.4, -0.2) is 32.6 Å². The molecule has 0 saturated carbocycles. The maximum atomic E-state index is 11.5. The van der Waals surface area contributed by atoms with Crippen LogP contribution in [0.3, 0.4) is 0 Å². The molecule has 6 nitrogen and oxygen atoms in total. The molecular weight excluding hydrogens is 258 g/mol. The van der Waals surface area contributed by atoms with Gasteiger partial charge in [0.2, 0.25) is 0 Å². The van der Waals surface area contributed by atoms with Gasteiger partial charge in [-0.3, -0.25) is 4.40 Å². The lowest BCUT2D eigenvalue weighted by atomic mass is 10.1. The third-order valence-electron chi connectivity index (χ3n) is 2.95. The minimum atomic E-state index is -0.503. The molecule has 1 aromatic carbocycles. The first kappa shape index (κ1) is 12.2. The van der Waals surface area contributed by atoms with E-state index in [2.05, 4.69) is 14.7 Å². The number of nitrogens with zero attached hydrogens (tertiary/aromatic N) is 3. The fourth-order valence-electron chi connectivity index (χ4n) is 1.94. The summed E-state index contributed by atoms with van der Waals surface area (Å²) in [5, 5.41) is 9.32. The van der Waals surface area contributed by atoms with E-state index in [1.165, 1.54) is 13.3 Å². The number of ether oxygens (including phenoxy) is 1. The summed E-state index contributed by atoms with van der Waals surface area (Å²) in [6.45, 7) is 0. The minimum Gasteiger partial charge on any atom is -0.508 e. The van der Waals surface area contributed by atoms with Crippen LogP contribution in [0.25, 0.3) is 16.9 Å². The molecule has 0 aliphatic rings. The van der Waals surface area contributed by atoms with E-state index < -0.39 is 5.97 Å². The zero-order valence-corrected chi connectivity index (χ0v) is 10.6. The zero-order valence-electron chi connectivity index (χ0n) is 10.6. The van der Waals surface area contributed by atoms with Crippen molar-refractivity contribution in [1.29, 1.82) is 0 Å². The first-order chi connectivity index (χ1) is 9.69. The molecule has 0 bridgehead atoms. The maximum absolute atomic E-state index is 11.5. The van der Waals surface area contributed by atoms with Crippen LogP contribution in [0, 0.1) is 0 Å². The van der Waals surface area contributed by atoms with E-state index in [9.17, 15) is 9.90 Å². The number of phenols is 1. The summed E-state index contributed by atoms with van der Waals surface area (Å²) in [4.78, 5) is 19.8. The summed E-state index contributed by atoms with van der Waals surface area (Å²) in [5.74, 6) is -0.309. The number of hydrogen-bond acceptors (Lipinski definition) is 5. The standard InChI is InChI=1S/C14H11N3O3/c1-20-14(19)11-8-17-12(6-16-13(17)7-15-11)9-2-4-10(18)5-3-9/h2-8,18H,1H3. The van der Waals surface area contributed by atoms with E-state index in [0.717, 1.165) is 11.3 Å². The fourth-order valence-corrected chi connectivity index (χ4v) is 1.94. The number of phenolic OH excluding ortho intramolecular Hbond substituents is 1. The highest BCUT2D eigenvalue weighted by Gasteiger charge is 2.11. The summed E-state index contributed by atoms with van der Waals surface area (Å²) in [7, 11) is 1.31. The van der Waals surface area contributed by atoms with Crippen LogP contribution in [0.2, 0.25) is 0 Å². The van der Waals surface area contributed by atoms with Crippen molar-refractivity contribution in [2.45, 2.75) is 0 Å². The van der Waals surface area contributed by atoms with Gasteiger partial charge in [-0.1, -0.05) is 0 Å². The molecule has 0 fully saturated rings.